The van der Waals surface area contributed by atoms with Crippen LogP contribution in [0.5, 0.6) is 0 Å². The van der Waals surface area contributed by atoms with Gasteiger partial charge in [0.1, 0.15) is 18.7 Å². The fraction of sp³-hybridized carbons (Fsp3) is 0.185. The fourth-order valence-electron chi connectivity index (χ4n) is 5.27. The topological polar surface area (TPSA) is 91.4 Å². The molecule has 3 N–H and O–H groups in total. The number of benzene rings is 3. The number of rotatable bonds is 4. The molecular formula is C27H22N2O4. The number of hydrogen-bond donors (Lipinski definition) is 3. The number of aliphatic carboxylic acids is 1. The van der Waals surface area contributed by atoms with Crippen LogP contribution in [-0.4, -0.2) is 34.7 Å². The molecule has 0 saturated heterocycles. The maximum absolute atomic E-state index is 13.3. The Bertz CT molecular complexity index is 1360. The molecule has 33 heavy (non-hydrogen) atoms. The van der Waals surface area contributed by atoms with Gasteiger partial charge in [-0.15, -0.1) is 0 Å². The van der Waals surface area contributed by atoms with Crippen molar-refractivity contribution in [1.29, 1.82) is 0 Å². The molecule has 3 aromatic carbocycles. The van der Waals surface area contributed by atoms with Crippen LogP contribution in [-0.2, 0) is 20.7 Å². The van der Waals surface area contributed by atoms with Crippen molar-refractivity contribution in [3.8, 4) is 11.1 Å². The Morgan fingerprint density at radius 3 is 2.24 bits per heavy atom. The summed E-state index contributed by atoms with van der Waals surface area (Å²) < 4.78 is 5.85. The monoisotopic (exact) mass is 438 g/mol. The van der Waals surface area contributed by atoms with E-state index in [-0.39, 0.29) is 12.5 Å². The van der Waals surface area contributed by atoms with Crippen LogP contribution in [0.4, 0.5) is 0 Å². The van der Waals surface area contributed by atoms with Crippen LogP contribution in [0.25, 0.3) is 22.0 Å². The summed E-state index contributed by atoms with van der Waals surface area (Å²) in [5, 5.41) is 13.6. The molecule has 6 nitrogen and oxygen atoms in total. The summed E-state index contributed by atoms with van der Waals surface area (Å²) in [5.41, 5.74) is 7.02. The Balaban J connectivity index is 1.31. The predicted octanol–water partition coefficient (Wildman–Crippen LogP) is 4.16. The second kappa shape index (κ2) is 7.60. The average Bonchev–Trinajstić information content (AvgIpc) is 3.38. The number of carboxylic acid groups (broad SMARTS) is 1. The van der Waals surface area contributed by atoms with E-state index in [4.69, 9.17) is 4.74 Å². The van der Waals surface area contributed by atoms with Crippen LogP contribution in [0.1, 0.15) is 34.3 Å². The fourth-order valence-corrected chi connectivity index (χ4v) is 5.27. The highest BCUT2D eigenvalue weighted by molar-refractivity contribution is 5.90. The highest BCUT2D eigenvalue weighted by Crippen LogP contribution is 2.44. The molecule has 4 aromatic rings. The Labute approximate surface area is 190 Å². The molecule has 0 unspecified atom stereocenters. The molecule has 1 aliphatic carbocycles. The van der Waals surface area contributed by atoms with E-state index in [1.54, 1.807) is 0 Å². The third-order valence-electron chi connectivity index (χ3n) is 6.80. The zero-order chi connectivity index (χ0) is 22.5. The molecule has 2 heterocycles. The number of aromatic amines is 1. The first kappa shape index (κ1) is 19.8. The predicted molar refractivity (Wildman–Crippen MR) is 124 cm³/mol. The first-order valence-electron chi connectivity index (χ1n) is 11.0. The van der Waals surface area contributed by atoms with Crippen molar-refractivity contribution in [2.45, 2.75) is 24.4 Å². The number of esters is 1. The van der Waals surface area contributed by atoms with E-state index in [0.29, 0.717) is 12.1 Å². The van der Waals surface area contributed by atoms with Crippen LogP contribution in [0.2, 0.25) is 0 Å². The molecule has 0 saturated carbocycles. The Morgan fingerprint density at radius 1 is 0.909 bits per heavy atom. The lowest BCUT2D eigenvalue weighted by atomic mass is 9.94. The molecule has 0 fully saturated rings. The van der Waals surface area contributed by atoms with Crippen molar-refractivity contribution in [2.75, 3.05) is 6.61 Å². The molecule has 2 aliphatic rings. The summed E-state index contributed by atoms with van der Waals surface area (Å²) in [6, 6.07) is 22.3. The minimum Gasteiger partial charge on any atom is -0.480 e. The van der Waals surface area contributed by atoms with E-state index in [1.165, 1.54) is 0 Å². The van der Waals surface area contributed by atoms with Gasteiger partial charge in [-0.3, -0.25) is 10.1 Å². The third-order valence-corrected chi connectivity index (χ3v) is 6.80. The first-order valence-corrected chi connectivity index (χ1v) is 11.0. The van der Waals surface area contributed by atoms with E-state index in [2.05, 4.69) is 34.6 Å². The van der Waals surface area contributed by atoms with Crippen LogP contribution in [0.15, 0.2) is 72.8 Å². The molecular weight excluding hydrogens is 416 g/mol. The zero-order valence-corrected chi connectivity index (χ0v) is 17.7. The number of hydrogen-bond acceptors (Lipinski definition) is 4. The number of carbonyl (C=O) groups excluding carboxylic acids is 1. The van der Waals surface area contributed by atoms with E-state index < -0.39 is 24.0 Å². The van der Waals surface area contributed by atoms with Crippen molar-refractivity contribution in [3.63, 3.8) is 0 Å². The highest BCUT2D eigenvalue weighted by Gasteiger charge is 2.38. The summed E-state index contributed by atoms with van der Waals surface area (Å²) in [5.74, 6) is -1.51. The van der Waals surface area contributed by atoms with Crippen molar-refractivity contribution in [3.05, 3.63) is 95.2 Å². The lowest BCUT2D eigenvalue weighted by Gasteiger charge is -2.28. The van der Waals surface area contributed by atoms with Gasteiger partial charge < -0.3 is 14.8 Å². The van der Waals surface area contributed by atoms with Crippen LogP contribution in [0, 0.1) is 0 Å². The number of carboxylic acids is 1. The summed E-state index contributed by atoms with van der Waals surface area (Å²) in [7, 11) is 0. The SMILES string of the molecule is O=C(OCC1c2ccccc2-c2ccccc21)[C@H]1N[C@@H](C(=O)O)Cc2c1[nH]c1ccccc21. The van der Waals surface area contributed by atoms with E-state index >= 15 is 0 Å². The molecule has 2 atom stereocenters. The van der Waals surface area contributed by atoms with Gasteiger partial charge in [0.15, 0.2) is 0 Å². The number of fused-ring (bicyclic) bond motifs is 6. The number of H-pyrrole nitrogens is 1. The molecule has 0 amide bonds. The minimum atomic E-state index is -0.984. The third kappa shape index (κ3) is 3.14. The van der Waals surface area contributed by atoms with Gasteiger partial charge in [0.2, 0.25) is 0 Å². The Hall–Kier alpha value is -3.90. The van der Waals surface area contributed by atoms with Gasteiger partial charge in [0.05, 0.1) is 0 Å². The summed E-state index contributed by atoms with van der Waals surface area (Å²) in [6.07, 6.45) is 0.307. The van der Waals surface area contributed by atoms with E-state index in [9.17, 15) is 14.7 Å². The van der Waals surface area contributed by atoms with Gasteiger partial charge in [-0.25, -0.2) is 4.79 Å². The molecule has 0 radical (unpaired) electrons. The number of ether oxygens (including phenoxy) is 1. The van der Waals surface area contributed by atoms with Crippen molar-refractivity contribution in [1.82, 2.24) is 10.3 Å². The molecule has 6 rings (SSSR count). The first-order chi connectivity index (χ1) is 16.1. The van der Waals surface area contributed by atoms with Crippen LogP contribution in [0.3, 0.4) is 0 Å². The van der Waals surface area contributed by atoms with Crippen molar-refractivity contribution in [2.24, 2.45) is 0 Å². The summed E-state index contributed by atoms with van der Waals surface area (Å²) in [4.78, 5) is 28.4. The van der Waals surface area contributed by atoms with Gasteiger partial charge in [-0.2, -0.15) is 0 Å². The van der Waals surface area contributed by atoms with E-state index in [1.807, 2.05) is 48.5 Å². The maximum atomic E-state index is 13.3. The summed E-state index contributed by atoms with van der Waals surface area (Å²) >= 11 is 0. The van der Waals surface area contributed by atoms with Crippen LogP contribution >= 0.6 is 0 Å². The zero-order valence-electron chi connectivity index (χ0n) is 17.7. The second-order valence-electron chi connectivity index (χ2n) is 8.61. The van der Waals surface area contributed by atoms with Crippen molar-refractivity contribution >= 4 is 22.8 Å². The number of aromatic nitrogens is 1. The normalized spacial score (nSPS) is 19.0. The molecule has 1 aliphatic heterocycles. The van der Waals surface area contributed by atoms with Gasteiger partial charge in [0, 0.05) is 28.9 Å². The summed E-state index contributed by atoms with van der Waals surface area (Å²) in [6.45, 7) is 0.193. The van der Waals surface area contributed by atoms with Gasteiger partial charge >= 0.3 is 11.9 Å². The molecule has 0 bridgehead atoms. The molecule has 1 aromatic heterocycles. The quantitative estimate of drug-likeness (QED) is 0.416. The minimum absolute atomic E-state index is 0.0533. The van der Waals surface area contributed by atoms with Gasteiger partial charge in [-0.05, 0) is 33.9 Å². The molecule has 164 valence electrons. The van der Waals surface area contributed by atoms with Crippen LogP contribution < -0.4 is 5.32 Å². The van der Waals surface area contributed by atoms with Gasteiger partial charge in [-0.1, -0.05) is 66.7 Å². The number of nitrogens with one attached hydrogen (secondary N) is 2. The number of para-hydroxylation sites is 1. The lowest BCUT2D eigenvalue weighted by Crippen LogP contribution is -2.47. The Morgan fingerprint density at radius 2 is 1.55 bits per heavy atom. The Kier molecular flexibility index (Phi) is 4.55. The molecule has 6 heteroatoms. The average molecular weight is 438 g/mol. The van der Waals surface area contributed by atoms with E-state index in [0.717, 1.165) is 38.7 Å². The maximum Gasteiger partial charge on any atom is 0.329 e. The van der Waals surface area contributed by atoms with Crippen molar-refractivity contribution < 1.29 is 19.4 Å². The molecule has 0 spiro atoms. The standard InChI is InChI=1S/C27H22N2O4/c30-26(31)23-13-20-19-11-5-6-12-22(19)28-24(20)25(29-23)27(32)33-14-21-17-9-3-1-7-15(17)16-8-2-4-10-18(16)21/h1-12,21,23,25,28-29H,13-14H2,(H,30,31)/t23-,25+/m1/s1. The highest BCUT2D eigenvalue weighted by atomic mass is 16.5. The largest absolute Gasteiger partial charge is 0.480 e. The second-order valence-corrected chi connectivity index (χ2v) is 8.61. The lowest BCUT2D eigenvalue weighted by molar-refractivity contribution is -0.148. The van der Waals surface area contributed by atoms with Gasteiger partial charge in [0.25, 0.3) is 0 Å². The smallest absolute Gasteiger partial charge is 0.329 e. The number of carbonyl (C=O) groups is 2.